The van der Waals surface area contributed by atoms with E-state index in [4.69, 9.17) is 5.26 Å². The van der Waals surface area contributed by atoms with Crippen molar-refractivity contribution in [2.24, 2.45) is 11.8 Å². The molecule has 0 saturated carbocycles. The highest BCUT2D eigenvalue weighted by Crippen LogP contribution is 2.29. The minimum absolute atomic E-state index is 0.0823. The molecule has 0 N–H and O–H groups in total. The van der Waals surface area contributed by atoms with E-state index in [0.717, 1.165) is 12.0 Å². The van der Waals surface area contributed by atoms with Crippen LogP contribution in [0, 0.1) is 29.0 Å². The van der Waals surface area contributed by atoms with E-state index in [1.807, 2.05) is 54.1 Å². The van der Waals surface area contributed by atoms with Gasteiger partial charge in [0.15, 0.2) is 5.65 Å². The van der Waals surface area contributed by atoms with Crippen molar-refractivity contribution in [3.05, 3.63) is 78.5 Å². The molecule has 2 unspecified atom stereocenters. The molecule has 3 heterocycles. The number of halogens is 1. The average Bonchev–Trinajstić information content (AvgIpc) is 3.42. The molecule has 0 radical (unpaired) electrons. The molecule has 1 amide bonds. The summed E-state index contributed by atoms with van der Waals surface area (Å²) in [5, 5.41) is 9.62. The number of nitrogens with zero attached hydrogens (tertiary/aromatic N) is 6. The molecule has 8 nitrogen and oxygen atoms in total. The van der Waals surface area contributed by atoms with Crippen LogP contribution in [0.25, 0.3) is 22.2 Å². The Morgan fingerprint density at radius 1 is 1.20 bits per heavy atom. The lowest BCUT2D eigenvalue weighted by Crippen LogP contribution is -2.44. The Bertz CT molecular complexity index is 1670. The molecular formula is C32H32FN6O2+. The van der Waals surface area contributed by atoms with Crippen molar-refractivity contribution in [1.82, 2.24) is 19.4 Å². The van der Waals surface area contributed by atoms with E-state index in [0.29, 0.717) is 47.0 Å². The first-order valence-corrected chi connectivity index (χ1v) is 13.7. The van der Waals surface area contributed by atoms with Crippen LogP contribution in [0.3, 0.4) is 0 Å². The van der Waals surface area contributed by atoms with Gasteiger partial charge in [0.2, 0.25) is 18.1 Å². The van der Waals surface area contributed by atoms with Crippen LogP contribution in [-0.4, -0.2) is 62.2 Å². The third-order valence-corrected chi connectivity index (χ3v) is 7.99. The van der Waals surface area contributed by atoms with Gasteiger partial charge < -0.3 is 4.90 Å². The minimum atomic E-state index is -0.604. The standard InChI is InChI=1S/C32H32FN6O2/c1-21-12-15-38(29(40)11-14-34)19-25(21)18-37(3)30-27-13-16-39(31(27)36-20-35-30)32(41)22(2)24-9-10-26(28(33)17-24)23-7-5-4-6-8-23/h4-10,13,16-18,20-22,25H,11-12,15,19H2,1-3H3/q+1/t21-,22?,25?/m1/s1. The number of fused-ring (bicyclic) bond motifs is 1. The fourth-order valence-electron chi connectivity index (χ4n) is 5.46. The van der Waals surface area contributed by atoms with Crippen molar-refractivity contribution >= 4 is 34.9 Å². The fourth-order valence-corrected chi connectivity index (χ4v) is 5.46. The zero-order valence-electron chi connectivity index (χ0n) is 23.4. The summed E-state index contributed by atoms with van der Waals surface area (Å²) in [4.78, 5) is 36.5. The molecule has 3 atom stereocenters. The van der Waals surface area contributed by atoms with Gasteiger partial charge in [0.05, 0.1) is 25.2 Å². The van der Waals surface area contributed by atoms with Gasteiger partial charge in [-0.3, -0.25) is 14.2 Å². The molecule has 1 fully saturated rings. The monoisotopic (exact) mass is 551 g/mol. The van der Waals surface area contributed by atoms with Gasteiger partial charge in [-0.2, -0.15) is 10.2 Å². The molecule has 0 bridgehead atoms. The molecule has 0 spiro atoms. The highest BCUT2D eigenvalue weighted by molar-refractivity contribution is 5.96. The van der Waals surface area contributed by atoms with E-state index in [1.165, 1.54) is 17.0 Å². The largest absolute Gasteiger partial charge is 0.341 e. The Kier molecular flexibility index (Phi) is 8.02. The molecule has 41 heavy (non-hydrogen) atoms. The van der Waals surface area contributed by atoms with Crippen LogP contribution in [0.5, 0.6) is 0 Å². The second-order valence-electron chi connectivity index (χ2n) is 10.6. The highest BCUT2D eigenvalue weighted by Gasteiger charge is 2.30. The molecule has 2 aromatic heterocycles. The number of hydrogen-bond donors (Lipinski definition) is 0. The number of likely N-dealkylation sites (tertiary alicyclic amines) is 1. The number of hydrogen-bond acceptors (Lipinski definition) is 5. The van der Waals surface area contributed by atoms with Crippen molar-refractivity contribution in [3.8, 4) is 17.2 Å². The van der Waals surface area contributed by atoms with Gasteiger partial charge in [0.25, 0.3) is 0 Å². The quantitative estimate of drug-likeness (QED) is 0.235. The topological polar surface area (TPSA) is 94.9 Å². The Hall–Kier alpha value is -4.71. The van der Waals surface area contributed by atoms with Crippen molar-refractivity contribution in [1.29, 1.82) is 5.26 Å². The third-order valence-electron chi connectivity index (χ3n) is 7.99. The predicted molar refractivity (Wildman–Crippen MR) is 154 cm³/mol. The second-order valence-corrected chi connectivity index (χ2v) is 10.6. The lowest BCUT2D eigenvalue weighted by molar-refractivity contribution is -0.405. The Morgan fingerprint density at radius 2 is 1.98 bits per heavy atom. The third kappa shape index (κ3) is 5.64. The molecule has 0 aliphatic carbocycles. The average molecular weight is 552 g/mol. The summed E-state index contributed by atoms with van der Waals surface area (Å²) < 4.78 is 18.4. The molecule has 9 heteroatoms. The molecule has 1 aliphatic heterocycles. The molecule has 1 saturated heterocycles. The number of piperidine rings is 1. The van der Waals surface area contributed by atoms with Crippen LogP contribution in [0.2, 0.25) is 0 Å². The molecular weight excluding hydrogens is 519 g/mol. The van der Waals surface area contributed by atoms with Gasteiger partial charge >= 0.3 is 5.82 Å². The van der Waals surface area contributed by atoms with Crippen molar-refractivity contribution in [2.45, 2.75) is 32.6 Å². The zero-order valence-corrected chi connectivity index (χ0v) is 23.4. The predicted octanol–water partition coefficient (Wildman–Crippen LogP) is 5.42. The molecule has 208 valence electrons. The van der Waals surface area contributed by atoms with Crippen LogP contribution >= 0.6 is 0 Å². The first kappa shape index (κ1) is 27.8. The van der Waals surface area contributed by atoms with Crippen LogP contribution in [0.4, 0.5) is 10.2 Å². The van der Waals surface area contributed by atoms with Crippen LogP contribution in [0.1, 0.15) is 43.0 Å². The van der Waals surface area contributed by atoms with Gasteiger partial charge in [-0.05, 0) is 47.5 Å². The molecule has 2 aromatic carbocycles. The minimum Gasteiger partial charge on any atom is -0.341 e. The lowest BCUT2D eigenvalue weighted by atomic mass is 9.87. The number of rotatable bonds is 6. The fraction of sp³-hybridized carbons (Fsp3) is 0.312. The van der Waals surface area contributed by atoms with E-state index in [2.05, 4.69) is 23.1 Å². The van der Waals surface area contributed by atoms with E-state index in [1.54, 1.807) is 30.2 Å². The highest BCUT2D eigenvalue weighted by atomic mass is 19.1. The summed E-state index contributed by atoms with van der Waals surface area (Å²) >= 11 is 0. The van der Waals surface area contributed by atoms with Crippen LogP contribution < -0.4 is 0 Å². The summed E-state index contributed by atoms with van der Waals surface area (Å²) in [6, 6.07) is 18.0. The summed E-state index contributed by atoms with van der Waals surface area (Å²) in [6.45, 7) is 5.10. The second kappa shape index (κ2) is 11.8. The van der Waals surface area contributed by atoms with Crippen molar-refractivity contribution < 1.29 is 18.6 Å². The molecule has 5 rings (SSSR count). The smallest absolute Gasteiger partial charge is 0.335 e. The summed E-state index contributed by atoms with van der Waals surface area (Å²) in [5.74, 6) is -0.287. The van der Waals surface area contributed by atoms with E-state index in [9.17, 15) is 9.59 Å². The van der Waals surface area contributed by atoms with E-state index >= 15 is 4.39 Å². The first-order chi connectivity index (χ1) is 19.8. The van der Waals surface area contributed by atoms with Gasteiger partial charge in [-0.15, -0.1) is 0 Å². The first-order valence-electron chi connectivity index (χ1n) is 13.7. The molecule has 4 aromatic rings. The van der Waals surface area contributed by atoms with E-state index < -0.39 is 5.92 Å². The number of amides is 1. The number of carbonyl (C=O) groups excluding carboxylic acids is 2. The van der Waals surface area contributed by atoms with Crippen LogP contribution in [0.15, 0.2) is 67.1 Å². The summed E-state index contributed by atoms with van der Waals surface area (Å²) in [7, 11) is 1.89. The Morgan fingerprint density at radius 3 is 2.71 bits per heavy atom. The SMILES string of the molecule is CC(C(=O)n1ccc2c([N+](C)=CC3CN(C(=O)CC#N)CC[C@H]3C)ncnc21)c1ccc(-c2ccccc2)c(F)c1. The van der Waals surface area contributed by atoms with Gasteiger partial charge in [-0.25, -0.2) is 8.97 Å². The maximum absolute atomic E-state index is 15.0. The maximum atomic E-state index is 15.0. The van der Waals surface area contributed by atoms with Gasteiger partial charge in [0.1, 0.15) is 17.6 Å². The number of nitriles is 1. The normalized spacial score (nSPS) is 18.2. The molecule has 1 aliphatic rings. The zero-order chi connectivity index (χ0) is 29.1. The Labute approximate surface area is 238 Å². The number of benzene rings is 2. The van der Waals surface area contributed by atoms with Gasteiger partial charge in [-0.1, -0.05) is 49.4 Å². The van der Waals surface area contributed by atoms with E-state index in [-0.39, 0.29) is 30.0 Å². The maximum Gasteiger partial charge on any atom is 0.335 e. The Balaban J connectivity index is 1.40. The lowest BCUT2D eigenvalue weighted by Gasteiger charge is -2.34. The summed E-state index contributed by atoms with van der Waals surface area (Å²) in [5.41, 5.74) is 2.31. The van der Waals surface area contributed by atoms with Crippen molar-refractivity contribution in [2.75, 3.05) is 20.1 Å². The number of aromatic nitrogens is 3. The van der Waals surface area contributed by atoms with Crippen LogP contribution in [-0.2, 0) is 4.79 Å². The van der Waals surface area contributed by atoms with Crippen molar-refractivity contribution in [3.63, 3.8) is 0 Å². The van der Waals surface area contributed by atoms with Gasteiger partial charge in [0, 0.05) is 30.8 Å². The number of carbonyl (C=O) groups is 2. The summed E-state index contributed by atoms with van der Waals surface area (Å²) in [6.07, 6.45) is 5.89.